The summed E-state index contributed by atoms with van der Waals surface area (Å²) < 4.78 is 31.8. The molecule has 0 radical (unpaired) electrons. The van der Waals surface area contributed by atoms with Crippen molar-refractivity contribution in [1.29, 1.82) is 0 Å². The Labute approximate surface area is 216 Å². The van der Waals surface area contributed by atoms with Crippen molar-refractivity contribution in [2.24, 2.45) is 5.92 Å². The second-order valence-electron chi connectivity index (χ2n) is 9.78. The minimum Gasteiger partial charge on any atom is -0.495 e. The van der Waals surface area contributed by atoms with E-state index in [1.54, 1.807) is 0 Å². The molecule has 0 spiro atoms. The van der Waals surface area contributed by atoms with Crippen LogP contribution >= 0.6 is 11.6 Å². The topological polar surface area (TPSA) is 69.7 Å². The van der Waals surface area contributed by atoms with E-state index in [1.807, 2.05) is 20.0 Å². The lowest BCUT2D eigenvalue weighted by Crippen LogP contribution is -2.45. The Hall–Kier alpha value is -2.90. The van der Waals surface area contributed by atoms with Gasteiger partial charge < -0.3 is 19.5 Å². The number of benzene rings is 1. The van der Waals surface area contributed by atoms with Gasteiger partial charge in [-0.3, -0.25) is 9.78 Å². The average Bonchev–Trinajstić information content (AvgIpc) is 3.30. The van der Waals surface area contributed by atoms with Crippen LogP contribution in [0.5, 0.6) is 11.5 Å². The molecule has 6 nitrogen and oxygen atoms in total. The number of fused-ring (bicyclic) bond motifs is 1. The van der Waals surface area contributed by atoms with Crippen LogP contribution in [0.3, 0.4) is 0 Å². The number of hydrogen-bond acceptors (Lipinski definition) is 5. The van der Waals surface area contributed by atoms with Gasteiger partial charge >= 0.3 is 0 Å². The van der Waals surface area contributed by atoms with Crippen molar-refractivity contribution in [2.75, 3.05) is 27.4 Å². The third-order valence-corrected chi connectivity index (χ3v) is 7.62. The molecule has 0 bridgehead atoms. The maximum atomic E-state index is 15.5. The SMILES string of the molecule is C=CC(=O)NC1CCOCC1Cc1cc2c(cn1)CC(C(C)(C)c1c(F)c(OC)cc(OC)c1Cl)=C2. The number of nitrogens with zero attached hydrogens (tertiary/aromatic N) is 1. The van der Waals surface area contributed by atoms with Crippen LogP contribution in [0.25, 0.3) is 6.08 Å². The molecule has 1 saturated heterocycles. The number of allylic oxidation sites excluding steroid dienone is 1. The number of carbonyl (C=O) groups excluding carboxylic acids is 1. The van der Waals surface area contributed by atoms with Crippen molar-refractivity contribution >= 4 is 23.6 Å². The van der Waals surface area contributed by atoms with E-state index in [-0.39, 0.29) is 28.6 Å². The molecule has 1 aliphatic heterocycles. The predicted molar refractivity (Wildman–Crippen MR) is 138 cm³/mol. The molecule has 1 aromatic heterocycles. The van der Waals surface area contributed by atoms with Gasteiger partial charge in [0.1, 0.15) is 5.75 Å². The van der Waals surface area contributed by atoms with E-state index >= 15 is 4.39 Å². The average molecular weight is 515 g/mol. The van der Waals surface area contributed by atoms with Crippen LogP contribution in [0, 0.1) is 11.7 Å². The van der Waals surface area contributed by atoms with Gasteiger partial charge in [0, 0.05) is 47.5 Å². The summed E-state index contributed by atoms with van der Waals surface area (Å²) in [4.78, 5) is 16.6. The van der Waals surface area contributed by atoms with E-state index in [1.165, 1.54) is 26.4 Å². The number of hydrogen-bond donors (Lipinski definition) is 1. The molecule has 1 N–H and O–H groups in total. The highest BCUT2D eigenvalue weighted by molar-refractivity contribution is 6.33. The number of amides is 1. The van der Waals surface area contributed by atoms with Crippen LogP contribution in [0.2, 0.25) is 5.02 Å². The number of carbonyl (C=O) groups is 1. The van der Waals surface area contributed by atoms with Crippen molar-refractivity contribution in [3.05, 3.63) is 69.8 Å². The summed E-state index contributed by atoms with van der Waals surface area (Å²) in [6.07, 6.45) is 7.34. The maximum absolute atomic E-state index is 15.5. The molecular weight excluding hydrogens is 483 g/mol. The molecule has 8 heteroatoms. The van der Waals surface area contributed by atoms with E-state index in [4.69, 9.17) is 30.8 Å². The zero-order valence-corrected chi connectivity index (χ0v) is 21.9. The fourth-order valence-electron chi connectivity index (χ4n) is 5.08. The smallest absolute Gasteiger partial charge is 0.243 e. The minimum absolute atomic E-state index is 0.0116. The number of pyridine rings is 1. The largest absolute Gasteiger partial charge is 0.495 e. The number of nitrogens with one attached hydrogen (secondary N) is 1. The second-order valence-corrected chi connectivity index (χ2v) is 10.2. The highest BCUT2D eigenvalue weighted by Gasteiger charge is 2.36. The lowest BCUT2D eigenvalue weighted by molar-refractivity contribution is -0.118. The van der Waals surface area contributed by atoms with E-state index in [9.17, 15) is 4.79 Å². The molecule has 192 valence electrons. The first-order valence-electron chi connectivity index (χ1n) is 12.0. The summed E-state index contributed by atoms with van der Waals surface area (Å²) in [5.74, 6) is -0.0951. The first-order chi connectivity index (χ1) is 17.2. The molecule has 1 fully saturated rings. The van der Waals surface area contributed by atoms with E-state index in [2.05, 4.69) is 24.0 Å². The molecule has 0 saturated carbocycles. The fraction of sp³-hybridized carbons (Fsp3) is 0.429. The maximum Gasteiger partial charge on any atom is 0.243 e. The van der Waals surface area contributed by atoms with Crippen LogP contribution in [0.15, 0.2) is 36.6 Å². The minimum atomic E-state index is -0.723. The molecule has 1 aromatic carbocycles. The van der Waals surface area contributed by atoms with Crippen LogP contribution in [0.4, 0.5) is 4.39 Å². The molecule has 1 aliphatic carbocycles. The summed E-state index contributed by atoms with van der Waals surface area (Å²) in [6, 6.07) is 3.55. The Morgan fingerprint density at radius 2 is 2.08 bits per heavy atom. The van der Waals surface area contributed by atoms with Gasteiger partial charge in [-0.15, -0.1) is 0 Å². The second kappa shape index (κ2) is 10.6. The number of rotatable bonds is 8. The zero-order chi connectivity index (χ0) is 26.0. The Balaban J connectivity index is 1.61. The predicted octanol–water partition coefficient (Wildman–Crippen LogP) is 5.06. The monoisotopic (exact) mass is 514 g/mol. The van der Waals surface area contributed by atoms with Crippen LogP contribution in [-0.4, -0.2) is 44.4 Å². The lowest BCUT2D eigenvalue weighted by Gasteiger charge is -2.31. The molecule has 4 rings (SSSR count). The van der Waals surface area contributed by atoms with Crippen molar-refractivity contribution in [3.63, 3.8) is 0 Å². The standard InChI is InChI=1S/C28H32ClFN2O4/c1-6-24(33)32-21-7-8-36-15-18(21)12-20-11-16-9-19(10-17(16)14-31-20)28(2,3)25-26(29)22(34-4)13-23(35-5)27(25)30/h6,9,11,13-14,18,21H,1,7-8,10,12,15H2,2-5H3,(H,32,33). The molecule has 2 aromatic rings. The summed E-state index contributed by atoms with van der Waals surface area (Å²) in [7, 11) is 2.92. The van der Waals surface area contributed by atoms with E-state index in [0.29, 0.717) is 37.4 Å². The van der Waals surface area contributed by atoms with Crippen molar-refractivity contribution in [3.8, 4) is 11.5 Å². The van der Waals surface area contributed by atoms with Gasteiger partial charge in [-0.25, -0.2) is 4.39 Å². The summed E-state index contributed by atoms with van der Waals surface area (Å²) in [5.41, 5.74) is 3.68. The molecule has 2 heterocycles. The molecule has 36 heavy (non-hydrogen) atoms. The van der Waals surface area contributed by atoms with Crippen molar-refractivity contribution in [1.82, 2.24) is 10.3 Å². The fourth-order valence-corrected chi connectivity index (χ4v) is 5.53. The Kier molecular flexibility index (Phi) is 7.71. The van der Waals surface area contributed by atoms with Crippen molar-refractivity contribution in [2.45, 2.75) is 44.6 Å². The zero-order valence-electron chi connectivity index (χ0n) is 21.1. The van der Waals surface area contributed by atoms with Gasteiger partial charge in [-0.05, 0) is 42.5 Å². The van der Waals surface area contributed by atoms with Crippen LogP contribution < -0.4 is 14.8 Å². The number of methoxy groups -OCH3 is 2. The van der Waals surface area contributed by atoms with E-state index < -0.39 is 11.2 Å². The Morgan fingerprint density at radius 1 is 1.33 bits per heavy atom. The van der Waals surface area contributed by atoms with Gasteiger partial charge in [-0.2, -0.15) is 0 Å². The third-order valence-electron chi connectivity index (χ3n) is 7.25. The van der Waals surface area contributed by atoms with E-state index in [0.717, 1.165) is 28.8 Å². The molecule has 2 aliphatic rings. The van der Waals surface area contributed by atoms with Gasteiger partial charge in [0.25, 0.3) is 0 Å². The number of halogens is 2. The highest BCUT2D eigenvalue weighted by atomic mass is 35.5. The van der Waals surface area contributed by atoms with Gasteiger partial charge in [0.05, 0.1) is 25.8 Å². The van der Waals surface area contributed by atoms with Gasteiger partial charge in [0.2, 0.25) is 5.91 Å². The first-order valence-corrected chi connectivity index (χ1v) is 12.4. The van der Waals surface area contributed by atoms with Crippen LogP contribution in [-0.2, 0) is 27.8 Å². The molecule has 2 atom stereocenters. The van der Waals surface area contributed by atoms with Gasteiger partial charge in [0.15, 0.2) is 11.6 Å². The quantitative estimate of drug-likeness (QED) is 0.499. The normalized spacial score (nSPS) is 19.3. The Bertz CT molecular complexity index is 1180. The number of aromatic nitrogens is 1. The summed E-state index contributed by atoms with van der Waals surface area (Å²) in [5, 5.41) is 3.26. The lowest BCUT2D eigenvalue weighted by atomic mass is 9.76. The molecule has 2 unspecified atom stereocenters. The van der Waals surface area contributed by atoms with Crippen molar-refractivity contribution < 1.29 is 23.4 Å². The van der Waals surface area contributed by atoms with Crippen LogP contribution in [0.1, 0.15) is 42.7 Å². The highest BCUT2D eigenvalue weighted by Crippen LogP contribution is 2.47. The Morgan fingerprint density at radius 3 is 2.78 bits per heavy atom. The number of ether oxygens (including phenoxy) is 3. The summed E-state index contributed by atoms with van der Waals surface area (Å²) >= 11 is 6.60. The van der Waals surface area contributed by atoms with Gasteiger partial charge in [-0.1, -0.05) is 43.7 Å². The molecular formula is C28H32ClFN2O4. The molecule has 1 amide bonds. The summed E-state index contributed by atoms with van der Waals surface area (Å²) in [6.45, 7) is 8.63. The first kappa shape index (κ1) is 26.2. The third kappa shape index (κ3) is 5.00.